The maximum Gasteiger partial charge on any atom is 0.227 e. The molecule has 0 aliphatic carbocycles. The molecular weight excluding hydrogens is 555 g/mol. The molecule has 0 saturated carbocycles. The zero-order chi connectivity index (χ0) is 20.3. The lowest BCUT2D eigenvalue weighted by atomic mass is 9.97. The van der Waals surface area contributed by atoms with Crippen LogP contribution >= 0.6 is 38.5 Å². The Morgan fingerprint density at radius 1 is 1.18 bits per heavy atom. The van der Waals surface area contributed by atoms with Crippen LogP contribution in [0.1, 0.15) is 24.0 Å². The Balaban J connectivity index is 1.57. The summed E-state index contributed by atoms with van der Waals surface area (Å²) >= 11 is 5.60. The Morgan fingerprint density at radius 2 is 1.82 bits per heavy atom. The molecule has 1 saturated heterocycles. The standard InChI is InChI=1S/C20H22BrIN2O3S/c1-14-12-18(22)6-7-19(14)23-20(25)16-8-10-24(11-9-16)28(26,27)13-15-2-4-17(21)5-3-15/h2-7,12,16H,8-11,13H2,1H3,(H,23,25). The van der Waals surface area contributed by atoms with Crippen LogP contribution in [0, 0.1) is 16.4 Å². The molecule has 1 N–H and O–H groups in total. The number of aryl methyl sites for hydroxylation is 1. The number of rotatable bonds is 5. The van der Waals surface area contributed by atoms with Crippen LogP contribution in [0.15, 0.2) is 46.9 Å². The molecule has 1 fully saturated rings. The molecule has 2 aromatic rings. The summed E-state index contributed by atoms with van der Waals surface area (Å²) < 4.78 is 28.9. The zero-order valence-corrected chi connectivity index (χ0v) is 20.1. The second-order valence-corrected chi connectivity index (χ2v) is 11.1. The van der Waals surface area contributed by atoms with E-state index in [-0.39, 0.29) is 17.6 Å². The van der Waals surface area contributed by atoms with Crippen LogP contribution in [0.2, 0.25) is 0 Å². The van der Waals surface area contributed by atoms with Gasteiger partial charge in [-0.3, -0.25) is 4.79 Å². The third kappa shape index (κ3) is 5.55. The maximum atomic E-state index is 12.7. The molecule has 1 aliphatic rings. The summed E-state index contributed by atoms with van der Waals surface area (Å²) in [6.07, 6.45) is 1.07. The summed E-state index contributed by atoms with van der Waals surface area (Å²) in [7, 11) is -3.38. The molecule has 0 atom stereocenters. The fraction of sp³-hybridized carbons (Fsp3) is 0.350. The number of amides is 1. The van der Waals surface area contributed by atoms with Gasteiger partial charge in [0.2, 0.25) is 15.9 Å². The lowest BCUT2D eigenvalue weighted by molar-refractivity contribution is -0.120. The predicted molar refractivity (Wildman–Crippen MR) is 124 cm³/mol. The summed E-state index contributed by atoms with van der Waals surface area (Å²) in [6, 6.07) is 13.2. The Bertz CT molecular complexity index is 956. The van der Waals surface area contributed by atoms with E-state index in [1.807, 2.05) is 49.4 Å². The highest BCUT2D eigenvalue weighted by molar-refractivity contribution is 14.1. The first-order valence-corrected chi connectivity index (χ1v) is 12.5. The number of anilines is 1. The third-order valence-corrected chi connectivity index (χ3v) is 7.98. The summed E-state index contributed by atoms with van der Waals surface area (Å²) in [5.41, 5.74) is 2.60. The van der Waals surface area contributed by atoms with Crippen molar-refractivity contribution in [3.05, 3.63) is 61.6 Å². The summed E-state index contributed by atoms with van der Waals surface area (Å²) in [5.74, 6) is -0.217. The Labute approximate surface area is 188 Å². The molecule has 3 rings (SSSR count). The molecule has 1 heterocycles. The van der Waals surface area contributed by atoms with Gasteiger partial charge in [-0.05, 0) is 83.8 Å². The van der Waals surface area contributed by atoms with Crippen LogP contribution in [-0.2, 0) is 20.6 Å². The van der Waals surface area contributed by atoms with Crippen LogP contribution in [0.3, 0.4) is 0 Å². The van der Waals surface area contributed by atoms with Crippen molar-refractivity contribution in [1.29, 1.82) is 0 Å². The Morgan fingerprint density at radius 3 is 2.43 bits per heavy atom. The van der Waals surface area contributed by atoms with Gasteiger partial charge in [0.15, 0.2) is 0 Å². The number of carbonyl (C=O) groups is 1. The minimum Gasteiger partial charge on any atom is -0.326 e. The van der Waals surface area contributed by atoms with E-state index in [1.54, 1.807) is 0 Å². The van der Waals surface area contributed by atoms with Crippen LogP contribution in [0.5, 0.6) is 0 Å². The van der Waals surface area contributed by atoms with E-state index in [2.05, 4.69) is 43.8 Å². The highest BCUT2D eigenvalue weighted by Gasteiger charge is 2.31. The number of hydrogen-bond donors (Lipinski definition) is 1. The van der Waals surface area contributed by atoms with E-state index >= 15 is 0 Å². The number of hydrogen-bond acceptors (Lipinski definition) is 3. The van der Waals surface area contributed by atoms with Crippen molar-refractivity contribution in [2.75, 3.05) is 18.4 Å². The van der Waals surface area contributed by atoms with E-state index in [0.29, 0.717) is 25.9 Å². The van der Waals surface area contributed by atoms with Crippen LogP contribution < -0.4 is 5.32 Å². The number of carbonyl (C=O) groups excluding carboxylic acids is 1. The molecule has 0 unspecified atom stereocenters. The summed E-state index contributed by atoms with van der Waals surface area (Å²) in [5, 5.41) is 2.99. The third-order valence-electron chi connectivity index (χ3n) is 4.93. The molecule has 28 heavy (non-hydrogen) atoms. The largest absolute Gasteiger partial charge is 0.326 e. The quantitative estimate of drug-likeness (QED) is 0.531. The highest BCUT2D eigenvalue weighted by Crippen LogP contribution is 2.25. The van der Waals surface area contributed by atoms with Gasteiger partial charge in [0.05, 0.1) is 5.75 Å². The smallest absolute Gasteiger partial charge is 0.227 e. The normalized spacial score (nSPS) is 16.1. The van der Waals surface area contributed by atoms with Gasteiger partial charge in [0.25, 0.3) is 0 Å². The van der Waals surface area contributed by atoms with Crippen LogP contribution in [0.25, 0.3) is 0 Å². The van der Waals surface area contributed by atoms with Gasteiger partial charge in [-0.15, -0.1) is 0 Å². The van der Waals surface area contributed by atoms with E-state index in [9.17, 15) is 13.2 Å². The van der Waals surface area contributed by atoms with Crippen molar-refractivity contribution in [1.82, 2.24) is 4.31 Å². The minimum absolute atomic E-state index is 0.0149. The maximum absolute atomic E-state index is 12.7. The molecular formula is C20H22BrIN2O3S. The number of nitrogens with one attached hydrogen (secondary N) is 1. The Hall–Kier alpha value is -0.970. The molecule has 0 bridgehead atoms. The molecule has 150 valence electrons. The molecule has 2 aromatic carbocycles. The molecule has 1 amide bonds. The van der Waals surface area contributed by atoms with Crippen molar-refractivity contribution in [2.24, 2.45) is 5.92 Å². The minimum atomic E-state index is -3.38. The van der Waals surface area contributed by atoms with Crippen molar-refractivity contribution in [3.8, 4) is 0 Å². The van der Waals surface area contributed by atoms with Crippen molar-refractivity contribution in [2.45, 2.75) is 25.5 Å². The highest BCUT2D eigenvalue weighted by atomic mass is 127. The number of halogens is 2. The second kappa shape index (κ2) is 9.23. The van der Waals surface area contributed by atoms with Gasteiger partial charge < -0.3 is 5.32 Å². The summed E-state index contributed by atoms with van der Waals surface area (Å²) in [4.78, 5) is 12.6. The van der Waals surface area contributed by atoms with E-state index in [1.165, 1.54) is 4.31 Å². The second-order valence-electron chi connectivity index (χ2n) is 7.00. The lowest BCUT2D eigenvalue weighted by Gasteiger charge is -2.30. The van der Waals surface area contributed by atoms with Gasteiger partial charge in [-0.2, -0.15) is 0 Å². The van der Waals surface area contributed by atoms with Crippen LogP contribution in [-0.4, -0.2) is 31.7 Å². The SMILES string of the molecule is Cc1cc(I)ccc1NC(=O)C1CCN(S(=O)(=O)Cc2ccc(Br)cc2)CC1. The number of nitrogens with zero attached hydrogens (tertiary/aromatic N) is 1. The van der Waals surface area contributed by atoms with Crippen molar-refractivity contribution >= 4 is 60.1 Å². The lowest BCUT2D eigenvalue weighted by Crippen LogP contribution is -2.41. The van der Waals surface area contributed by atoms with Crippen LogP contribution in [0.4, 0.5) is 5.69 Å². The van der Waals surface area contributed by atoms with E-state index < -0.39 is 10.0 Å². The van der Waals surface area contributed by atoms with Gasteiger partial charge in [-0.25, -0.2) is 12.7 Å². The van der Waals surface area contributed by atoms with E-state index in [0.717, 1.165) is 24.9 Å². The molecule has 8 heteroatoms. The number of sulfonamides is 1. The van der Waals surface area contributed by atoms with Gasteiger partial charge in [-0.1, -0.05) is 28.1 Å². The first-order chi connectivity index (χ1) is 13.2. The van der Waals surface area contributed by atoms with E-state index in [4.69, 9.17) is 0 Å². The average molecular weight is 577 g/mol. The molecule has 0 aromatic heterocycles. The topological polar surface area (TPSA) is 66.5 Å². The monoisotopic (exact) mass is 576 g/mol. The number of piperidine rings is 1. The Kier molecular flexibility index (Phi) is 7.17. The van der Waals surface area contributed by atoms with Gasteiger partial charge >= 0.3 is 0 Å². The summed E-state index contributed by atoms with van der Waals surface area (Å²) in [6.45, 7) is 2.72. The average Bonchev–Trinajstić information content (AvgIpc) is 2.66. The number of benzene rings is 2. The molecule has 0 spiro atoms. The fourth-order valence-electron chi connectivity index (χ4n) is 3.28. The molecule has 1 aliphatic heterocycles. The fourth-order valence-corrected chi connectivity index (χ4v) is 5.76. The van der Waals surface area contributed by atoms with Crippen molar-refractivity contribution in [3.63, 3.8) is 0 Å². The first kappa shape index (κ1) is 21.7. The molecule has 5 nitrogen and oxygen atoms in total. The predicted octanol–water partition coefficient (Wildman–Crippen LogP) is 4.54. The van der Waals surface area contributed by atoms with Gasteiger partial charge in [0, 0.05) is 32.7 Å². The first-order valence-electron chi connectivity index (χ1n) is 9.04. The zero-order valence-electron chi connectivity index (χ0n) is 15.5. The van der Waals surface area contributed by atoms with Crippen molar-refractivity contribution < 1.29 is 13.2 Å². The van der Waals surface area contributed by atoms with Gasteiger partial charge in [0.1, 0.15) is 0 Å². The molecule has 0 radical (unpaired) electrons.